The van der Waals surface area contributed by atoms with Crippen molar-refractivity contribution in [3.8, 4) is 0 Å². The Bertz CT molecular complexity index is 601. The Morgan fingerprint density at radius 3 is 2.76 bits per heavy atom. The molecular weight excluding hydrogens is 302 g/mol. The van der Waals surface area contributed by atoms with Crippen molar-refractivity contribution in [1.82, 2.24) is 10.0 Å². The highest BCUT2D eigenvalue weighted by Gasteiger charge is 2.35. The van der Waals surface area contributed by atoms with Gasteiger partial charge in [0.1, 0.15) is 16.5 Å². The first-order chi connectivity index (χ1) is 9.88. The lowest BCUT2D eigenvalue weighted by atomic mass is 9.99. The van der Waals surface area contributed by atoms with E-state index in [0.717, 1.165) is 31.5 Å². The SMILES string of the molecule is COCC1(CNS(=O)(=O)c2ccc(F)cc2F)CCCN1. The van der Waals surface area contributed by atoms with Crippen molar-refractivity contribution in [2.45, 2.75) is 23.3 Å². The topological polar surface area (TPSA) is 67.4 Å². The van der Waals surface area contributed by atoms with Crippen molar-refractivity contribution in [1.29, 1.82) is 0 Å². The van der Waals surface area contributed by atoms with Crippen molar-refractivity contribution in [3.05, 3.63) is 29.8 Å². The maximum absolute atomic E-state index is 13.6. The van der Waals surface area contributed by atoms with E-state index in [2.05, 4.69) is 10.0 Å². The van der Waals surface area contributed by atoms with Crippen molar-refractivity contribution in [3.63, 3.8) is 0 Å². The van der Waals surface area contributed by atoms with Crippen LogP contribution in [0.5, 0.6) is 0 Å². The Morgan fingerprint density at radius 2 is 2.19 bits per heavy atom. The third-order valence-corrected chi connectivity index (χ3v) is 4.97. The van der Waals surface area contributed by atoms with Crippen LogP contribution < -0.4 is 10.0 Å². The van der Waals surface area contributed by atoms with Gasteiger partial charge in [-0.15, -0.1) is 0 Å². The molecule has 0 radical (unpaired) electrons. The zero-order chi connectivity index (χ0) is 15.5. The van der Waals surface area contributed by atoms with Gasteiger partial charge in [0.05, 0.1) is 12.1 Å². The fraction of sp³-hybridized carbons (Fsp3) is 0.538. The number of halogens is 2. The van der Waals surface area contributed by atoms with Gasteiger partial charge in [0.25, 0.3) is 0 Å². The van der Waals surface area contributed by atoms with E-state index in [1.54, 1.807) is 0 Å². The lowest BCUT2D eigenvalue weighted by Crippen LogP contribution is -2.52. The van der Waals surface area contributed by atoms with E-state index in [4.69, 9.17) is 4.74 Å². The van der Waals surface area contributed by atoms with E-state index in [-0.39, 0.29) is 6.54 Å². The van der Waals surface area contributed by atoms with Crippen LogP contribution >= 0.6 is 0 Å². The smallest absolute Gasteiger partial charge is 0.243 e. The summed E-state index contributed by atoms with van der Waals surface area (Å²) >= 11 is 0. The molecule has 1 aliphatic heterocycles. The highest BCUT2D eigenvalue weighted by Crippen LogP contribution is 2.21. The predicted octanol–water partition coefficient (Wildman–Crippen LogP) is 1.01. The summed E-state index contributed by atoms with van der Waals surface area (Å²) in [6.45, 7) is 1.21. The lowest BCUT2D eigenvalue weighted by Gasteiger charge is -2.28. The van der Waals surface area contributed by atoms with Crippen LogP contribution in [-0.2, 0) is 14.8 Å². The number of hydrogen-bond donors (Lipinski definition) is 2. The Labute approximate surface area is 122 Å². The predicted molar refractivity (Wildman–Crippen MR) is 73.4 cm³/mol. The number of hydrogen-bond acceptors (Lipinski definition) is 4. The maximum atomic E-state index is 13.6. The van der Waals surface area contributed by atoms with Gasteiger partial charge in [0.15, 0.2) is 0 Å². The van der Waals surface area contributed by atoms with E-state index in [1.165, 1.54) is 7.11 Å². The quantitative estimate of drug-likeness (QED) is 0.821. The number of ether oxygens (including phenoxy) is 1. The number of benzene rings is 1. The molecule has 5 nitrogen and oxygen atoms in total. The average Bonchev–Trinajstić information content (AvgIpc) is 2.86. The Kier molecular flexibility index (Phi) is 4.92. The molecule has 118 valence electrons. The second kappa shape index (κ2) is 6.35. The van der Waals surface area contributed by atoms with Crippen LogP contribution in [0.3, 0.4) is 0 Å². The summed E-state index contributed by atoms with van der Waals surface area (Å²) in [6, 6.07) is 2.38. The molecule has 1 atom stereocenters. The number of sulfonamides is 1. The zero-order valence-electron chi connectivity index (χ0n) is 11.7. The molecule has 2 N–H and O–H groups in total. The molecule has 1 heterocycles. The molecule has 0 amide bonds. The summed E-state index contributed by atoms with van der Waals surface area (Å²) < 4.78 is 58.2. The molecule has 0 aromatic heterocycles. The van der Waals surface area contributed by atoms with Crippen molar-refractivity contribution in [2.75, 3.05) is 26.8 Å². The average molecular weight is 320 g/mol. The van der Waals surface area contributed by atoms with Crippen molar-refractivity contribution < 1.29 is 21.9 Å². The van der Waals surface area contributed by atoms with Crippen molar-refractivity contribution >= 4 is 10.0 Å². The Morgan fingerprint density at radius 1 is 1.43 bits per heavy atom. The van der Waals surface area contributed by atoms with Gasteiger partial charge in [0.2, 0.25) is 10.0 Å². The van der Waals surface area contributed by atoms with Gasteiger partial charge >= 0.3 is 0 Å². The van der Waals surface area contributed by atoms with Crippen LogP contribution in [0.15, 0.2) is 23.1 Å². The molecule has 0 saturated carbocycles. The zero-order valence-corrected chi connectivity index (χ0v) is 12.5. The highest BCUT2D eigenvalue weighted by atomic mass is 32.2. The molecule has 1 aromatic carbocycles. The molecule has 1 fully saturated rings. The van der Waals surface area contributed by atoms with Gasteiger partial charge in [-0.2, -0.15) is 0 Å². The van der Waals surface area contributed by atoms with Crippen LogP contribution in [0.1, 0.15) is 12.8 Å². The second-order valence-corrected chi connectivity index (χ2v) is 6.88. The molecule has 1 aliphatic rings. The third-order valence-electron chi connectivity index (χ3n) is 3.54. The van der Waals surface area contributed by atoms with Crippen molar-refractivity contribution in [2.24, 2.45) is 0 Å². The maximum Gasteiger partial charge on any atom is 0.243 e. The Hall–Kier alpha value is -1.09. The first-order valence-corrected chi connectivity index (χ1v) is 8.06. The number of rotatable bonds is 6. The van der Waals surface area contributed by atoms with Gasteiger partial charge in [-0.05, 0) is 31.5 Å². The molecule has 0 spiro atoms. The molecule has 1 aromatic rings. The number of methoxy groups -OCH3 is 1. The van der Waals surface area contributed by atoms with Crippen LogP contribution in [-0.4, -0.2) is 40.8 Å². The standard InChI is InChI=1S/C13H18F2N2O3S/c1-20-9-13(5-2-6-16-13)8-17-21(18,19)12-4-3-10(14)7-11(12)15/h3-4,7,16-17H,2,5-6,8-9H2,1H3. The normalized spacial score (nSPS) is 22.6. The summed E-state index contributed by atoms with van der Waals surface area (Å²) in [5, 5.41) is 3.21. The van der Waals surface area contributed by atoms with Crippen LogP contribution in [0.25, 0.3) is 0 Å². The van der Waals surface area contributed by atoms with E-state index in [0.29, 0.717) is 12.7 Å². The van der Waals surface area contributed by atoms with Gasteiger partial charge < -0.3 is 10.1 Å². The first kappa shape index (κ1) is 16.3. The van der Waals surface area contributed by atoms with E-state index in [1.807, 2.05) is 0 Å². The molecule has 1 saturated heterocycles. The molecule has 8 heteroatoms. The van der Waals surface area contributed by atoms with Gasteiger partial charge in [-0.25, -0.2) is 21.9 Å². The second-order valence-electron chi connectivity index (χ2n) is 5.14. The van der Waals surface area contributed by atoms with Gasteiger partial charge in [0, 0.05) is 19.7 Å². The summed E-state index contributed by atoms with van der Waals surface area (Å²) in [5.41, 5.74) is -0.488. The largest absolute Gasteiger partial charge is 0.383 e. The molecule has 0 bridgehead atoms. The molecule has 0 aliphatic carbocycles. The van der Waals surface area contributed by atoms with E-state index in [9.17, 15) is 17.2 Å². The van der Waals surface area contributed by atoms with E-state index < -0.39 is 32.1 Å². The minimum absolute atomic E-state index is 0.0833. The molecular formula is C13H18F2N2O3S. The minimum atomic E-state index is -4.04. The summed E-state index contributed by atoms with van der Waals surface area (Å²) in [7, 11) is -2.50. The summed E-state index contributed by atoms with van der Waals surface area (Å²) in [6.07, 6.45) is 1.67. The van der Waals surface area contributed by atoms with Crippen LogP contribution in [0, 0.1) is 11.6 Å². The fourth-order valence-electron chi connectivity index (χ4n) is 2.47. The first-order valence-electron chi connectivity index (χ1n) is 6.57. The monoisotopic (exact) mass is 320 g/mol. The fourth-order valence-corrected chi connectivity index (χ4v) is 3.66. The van der Waals surface area contributed by atoms with Gasteiger partial charge in [-0.3, -0.25) is 0 Å². The molecule has 1 unspecified atom stereocenters. The lowest BCUT2D eigenvalue weighted by molar-refractivity contribution is 0.122. The van der Waals surface area contributed by atoms with E-state index >= 15 is 0 Å². The van der Waals surface area contributed by atoms with Crippen LogP contribution in [0.2, 0.25) is 0 Å². The summed E-state index contributed by atoms with van der Waals surface area (Å²) in [4.78, 5) is -0.561. The molecule has 2 rings (SSSR count). The Balaban J connectivity index is 2.14. The van der Waals surface area contributed by atoms with Gasteiger partial charge in [-0.1, -0.05) is 0 Å². The third kappa shape index (κ3) is 3.76. The summed E-state index contributed by atoms with van der Waals surface area (Å²) in [5.74, 6) is -1.93. The number of nitrogens with one attached hydrogen (secondary N) is 2. The molecule has 21 heavy (non-hydrogen) atoms. The van der Waals surface area contributed by atoms with Crippen LogP contribution in [0.4, 0.5) is 8.78 Å². The minimum Gasteiger partial charge on any atom is -0.383 e. The highest BCUT2D eigenvalue weighted by molar-refractivity contribution is 7.89.